The molecule has 0 aliphatic carbocycles. The fourth-order valence-electron chi connectivity index (χ4n) is 4.26. The highest BCUT2D eigenvalue weighted by atomic mass is 19.4. The lowest BCUT2D eigenvalue weighted by Crippen LogP contribution is -2.27. The van der Waals surface area contributed by atoms with Crippen molar-refractivity contribution in [1.29, 1.82) is 0 Å². The number of allylic oxidation sites excluding steroid dienone is 1. The molecule has 0 spiro atoms. The Morgan fingerprint density at radius 2 is 1.81 bits per heavy atom. The van der Waals surface area contributed by atoms with Crippen molar-refractivity contribution in [2.24, 2.45) is 0 Å². The molecule has 0 fully saturated rings. The number of benzene rings is 1. The van der Waals surface area contributed by atoms with Gasteiger partial charge in [-0.15, -0.1) is 10.2 Å². The van der Waals surface area contributed by atoms with Crippen LogP contribution in [0, 0.1) is 0 Å². The van der Waals surface area contributed by atoms with Gasteiger partial charge in [-0.05, 0) is 45.7 Å². The van der Waals surface area contributed by atoms with E-state index in [1.807, 2.05) is 48.7 Å². The van der Waals surface area contributed by atoms with Gasteiger partial charge in [0.15, 0.2) is 11.4 Å². The van der Waals surface area contributed by atoms with E-state index in [0.717, 1.165) is 17.2 Å². The van der Waals surface area contributed by atoms with Crippen LogP contribution in [0.15, 0.2) is 59.2 Å². The minimum absolute atomic E-state index is 0.0398. The van der Waals surface area contributed by atoms with E-state index in [2.05, 4.69) is 25.6 Å². The first-order valence-corrected chi connectivity index (χ1v) is 13.2. The zero-order valence-corrected chi connectivity index (χ0v) is 23.4. The van der Waals surface area contributed by atoms with E-state index in [9.17, 15) is 18.0 Å². The van der Waals surface area contributed by atoms with Crippen LogP contribution in [-0.2, 0) is 23.9 Å². The van der Waals surface area contributed by atoms with Gasteiger partial charge >= 0.3 is 12.3 Å². The van der Waals surface area contributed by atoms with E-state index in [-0.39, 0.29) is 23.2 Å². The molecular formula is C29H29F3N6O4. The number of halogens is 3. The Morgan fingerprint density at radius 1 is 1.10 bits per heavy atom. The first kappa shape index (κ1) is 28.8. The number of rotatable bonds is 3. The Morgan fingerprint density at radius 3 is 2.50 bits per heavy atom. The molecule has 1 aromatic carbocycles. The van der Waals surface area contributed by atoms with Gasteiger partial charge in [-0.25, -0.2) is 9.78 Å². The number of nitrogens with zero attached hydrogens (tertiary/aromatic N) is 5. The van der Waals surface area contributed by atoms with Gasteiger partial charge in [0.2, 0.25) is 5.88 Å². The molecule has 1 aliphatic heterocycles. The van der Waals surface area contributed by atoms with Crippen LogP contribution in [0.2, 0.25) is 0 Å². The largest absolute Gasteiger partial charge is 0.474 e. The zero-order chi connectivity index (χ0) is 30.1. The summed E-state index contributed by atoms with van der Waals surface area (Å²) in [4.78, 5) is 16.7. The van der Waals surface area contributed by atoms with Gasteiger partial charge in [-0.2, -0.15) is 18.3 Å². The van der Waals surface area contributed by atoms with Gasteiger partial charge in [0, 0.05) is 18.2 Å². The summed E-state index contributed by atoms with van der Waals surface area (Å²) in [5.74, 6) is -0.880. The van der Waals surface area contributed by atoms with Crippen molar-refractivity contribution < 1.29 is 31.9 Å². The molecule has 1 aliphatic rings. The molecule has 1 atom stereocenters. The minimum atomic E-state index is -4.84. The number of nitrogens with one attached hydrogen (secondary N) is 1. The maximum absolute atomic E-state index is 14.1. The maximum Gasteiger partial charge on any atom is 0.421 e. The standard InChI is InChI=1S/C29H29F3N6O4/c1-17-10-8-9-13-19-16-38(15-18-11-6-5-7-12-18)37-22(19)25-35-36-26(41-25)23-21(33-27(39)42-28(2,3)4)14-20(29(30,31)32)24(34-23)40-17/h5-9,11-12,14,16-17H,10,13,15H2,1-4H3,(H,33,39)/t17-/m1/s1. The number of carbonyl (C=O) groups is 1. The van der Waals surface area contributed by atoms with E-state index in [1.165, 1.54) is 0 Å². The molecule has 4 bridgehead atoms. The average Bonchev–Trinajstić information content (AvgIpc) is 3.53. The van der Waals surface area contributed by atoms with Crippen molar-refractivity contribution in [3.63, 3.8) is 0 Å². The molecule has 42 heavy (non-hydrogen) atoms. The van der Waals surface area contributed by atoms with Crippen LogP contribution >= 0.6 is 0 Å². The highest BCUT2D eigenvalue weighted by molar-refractivity contribution is 5.89. The number of anilines is 1. The summed E-state index contributed by atoms with van der Waals surface area (Å²) in [6, 6.07) is 10.5. The molecule has 4 heterocycles. The van der Waals surface area contributed by atoms with E-state index in [4.69, 9.17) is 13.9 Å². The van der Waals surface area contributed by atoms with Crippen molar-refractivity contribution in [3.8, 4) is 29.0 Å². The molecular weight excluding hydrogens is 553 g/mol. The van der Waals surface area contributed by atoms with Crippen LogP contribution < -0.4 is 10.1 Å². The van der Waals surface area contributed by atoms with E-state index in [0.29, 0.717) is 25.1 Å². The second kappa shape index (κ2) is 11.3. The molecule has 220 valence electrons. The van der Waals surface area contributed by atoms with Crippen molar-refractivity contribution >= 4 is 11.8 Å². The number of pyridine rings is 1. The van der Waals surface area contributed by atoms with Gasteiger partial charge in [-0.3, -0.25) is 10.00 Å². The minimum Gasteiger partial charge on any atom is -0.474 e. The van der Waals surface area contributed by atoms with Gasteiger partial charge in [0.1, 0.15) is 17.3 Å². The molecule has 5 rings (SSSR count). The number of alkyl halides is 3. The molecule has 0 unspecified atom stereocenters. The van der Waals surface area contributed by atoms with E-state index in [1.54, 1.807) is 32.4 Å². The third kappa shape index (κ3) is 6.78. The molecule has 1 N–H and O–H groups in total. The number of hydrogen-bond acceptors (Lipinski definition) is 8. The molecule has 1 amide bonds. The molecule has 0 radical (unpaired) electrons. The SMILES string of the molecule is C[C@@H]1CC=CCc2cn(Cc3ccccc3)nc2-c2nnc(o2)-c2nc(c(C(F)(F)F)cc2NC(=O)OC(C)(C)C)O1. The molecule has 0 saturated heterocycles. The Hall–Kier alpha value is -4.68. The lowest BCUT2D eigenvalue weighted by molar-refractivity contribution is -0.139. The highest BCUT2D eigenvalue weighted by Gasteiger charge is 2.38. The second-order valence-corrected chi connectivity index (χ2v) is 10.8. The van der Waals surface area contributed by atoms with Crippen molar-refractivity contribution in [2.75, 3.05) is 5.32 Å². The van der Waals surface area contributed by atoms with Gasteiger partial charge in [0.25, 0.3) is 11.8 Å². The van der Waals surface area contributed by atoms with Crippen molar-refractivity contribution in [1.82, 2.24) is 25.0 Å². The molecule has 0 saturated carbocycles. The van der Waals surface area contributed by atoms with E-state index < -0.39 is 35.4 Å². The predicted octanol–water partition coefficient (Wildman–Crippen LogP) is 6.68. The van der Waals surface area contributed by atoms with Gasteiger partial charge in [0.05, 0.1) is 12.2 Å². The number of ether oxygens (including phenoxy) is 2. The van der Waals surface area contributed by atoms with Crippen LogP contribution in [0.5, 0.6) is 5.88 Å². The van der Waals surface area contributed by atoms with Crippen LogP contribution in [0.3, 0.4) is 0 Å². The fraction of sp³-hybridized carbons (Fsp3) is 0.345. The fourth-order valence-corrected chi connectivity index (χ4v) is 4.26. The number of hydrogen-bond donors (Lipinski definition) is 1. The van der Waals surface area contributed by atoms with Gasteiger partial charge < -0.3 is 13.9 Å². The van der Waals surface area contributed by atoms with Crippen LogP contribution in [0.25, 0.3) is 23.2 Å². The number of amides is 1. The average molecular weight is 583 g/mol. The third-order valence-corrected chi connectivity index (χ3v) is 6.07. The number of fused-ring (bicyclic) bond motifs is 7. The first-order valence-electron chi connectivity index (χ1n) is 13.2. The predicted molar refractivity (Wildman–Crippen MR) is 147 cm³/mol. The maximum atomic E-state index is 14.1. The van der Waals surface area contributed by atoms with Crippen LogP contribution in [0.1, 0.15) is 50.8 Å². The Labute approximate surface area is 239 Å². The Balaban J connectivity index is 1.62. The summed E-state index contributed by atoms with van der Waals surface area (Å²) < 4.78 is 61.0. The molecule has 3 aromatic heterocycles. The summed E-state index contributed by atoms with van der Waals surface area (Å²) in [6.45, 7) is 7.02. The van der Waals surface area contributed by atoms with E-state index >= 15 is 0 Å². The molecule has 10 nitrogen and oxygen atoms in total. The number of aromatic nitrogens is 5. The number of carbonyl (C=O) groups excluding carboxylic acids is 1. The lowest BCUT2D eigenvalue weighted by Gasteiger charge is -2.22. The highest BCUT2D eigenvalue weighted by Crippen LogP contribution is 2.41. The summed E-state index contributed by atoms with van der Waals surface area (Å²) in [6.07, 6.45) is -0.126. The van der Waals surface area contributed by atoms with Gasteiger partial charge in [-0.1, -0.05) is 42.5 Å². The first-order chi connectivity index (χ1) is 19.9. The van der Waals surface area contributed by atoms with Crippen molar-refractivity contribution in [2.45, 2.75) is 65.0 Å². The van der Waals surface area contributed by atoms with Crippen molar-refractivity contribution in [3.05, 3.63) is 71.4 Å². The monoisotopic (exact) mass is 582 g/mol. The zero-order valence-electron chi connectivity index (χ0n) is 23.4. The normalized spacial score (nSPS) is 15.4. The smallest absolute Gasteiger partial charge is 0.421 e. The summed E-state index contributed by atoms with van der Waals surface area (Å²) in [7, 11) is 0. The quantitative estimate of drug-likeness (QED) is 0.266. The molecule has 4 aromatic rings. The summed E-state index contributed by atoms with van der Waals surface area (Å²) in [5, 5.41) is 15.2. The Bertz CT molecular complexity index is 1610. The Kier molecular flexibility index (Phi) is 7.76. The second-order valence-electron chi connectivity index (χ2n) is 10.8. The van der Waals surface area contributed by atoms with Crippen LogP contribution in [-0.4, -0.2) is 42.8 Å². The molecule has 13 heteroatoms. The third-order valence-electron chi connectivity index (χ3n) is 6.07. The topological polar surface area (TPSA) is 117 Å². The summed E-state index contributed by atoms with van der Waals surface area (Å²) >= 11 is 0. The summed E-state index contributed by atoms with van der Waals surface area (Å²) in [5.41, 5.74) is -0.378. The van der Waals surface area contributed by atoms with Crippen LogP contribution in [0.4, 0.5) is 23.7 Å². The lowest BCUT2D eigenvalue weighted by atomic mass is 10.1.